The van der Waals surface area contributed by atoms with Crippen molar-refractivity contribution in [3.05, 3.63) is 41.3 Å². The van der Waals surface area contributed by atoms with E-state index in [4.69, 9.17) is 9.15 Å². The molecule has 0 radical (unpaired) electrons. The minimum atomic E-state index is -0.624. The van der Waals surface area contributed by atoms with Crippen LogP contribution < -0.4 is 0 Å². The number of hydrogen-bond acceptors (Lipinski definition) is 5. The standard InChI is InChI=1S/C27H37NO4S/c1-18-11-13-22(14-12-18)26-28-24(19(2)32-26)16-31-23-10-6-7-20(15-23)17-33-25(27(29)30)21-8-4-3-5-9-21/h11-14,20-21,23,25H,3-10,15-17H2,1-2H3,(H,29,30). The van der Waals surface area contributed by atoms with Crippen LogP contribution in [0.25, 0.3) is 11.5 Å². The zero-order valence-electron chi connectivity index (χ0n) is 19.9. The second-order valence-corrected chi connectivity index (χ2v) is 11.0. The van der Waals surface area contributed by atoms with Crippen molar-refractivity contribution >= 4 is 17.7 Å². The summed E-state index contributed by atoms with van der Waals surface area (Å²) in [6.07, 6.45) is 10.4. The number of carboxylic acid groups (broad SMARTS) is 1. The molecule has 1 heterocycles. The molecule has 2 fully saturated rings. The predicted octanol–water partition coefficient (Wildman–Crippen LogP) is 6.80. The van der Waals surface area contributed by atoms with Gasteiger partial charge in [0.15, 0.2) is 0 Å². The molecule has 3 unspecified atom stereocenters. The highest BCUT2D eigenvalue weighted by Crippen LogP contribution is 2.36. The molecule has 0 saturated heterocycles. The molecule has 1 N–H and O–H groups in total. The Bertz CT molecular complexity index is 903. The number of benzene rings is 1. The molecule has 6 heteroatoms. The third kappa shape index (κ3) is 6.63. The van der Waals surface area contributed by atoms with Crippen molar-refractivity contribution in [1.82, 2.24) is 4.98 Å². The van der Waals surface area contributed by atoms with Crippen molar-refractivity contribution in [2.45, 2.75) is 89.6 Å². The molecule has 0 aliphatic heterocycles. The van der Waals surface area contributed by atoms with Crippen LogP contribution in [0.1, 0.15) is 74.8 Å². The normalized spacial score (nSPS) is 22.8. The molecule has 2 aliphatic rings. The quantitative estimate of drug-likeness (QED) is 0.433. The minimum Gasteiger partial charge on any atom is -0.480 e. The number of rotatable bonds is 9. The molecular formula is C27H37NO4S. The van der Waals surface area contributed by atoms with E-state index in [0.29, 0.717) is 24.3 Å². The van der Waals surface area contributed by atoms with Crippen LogP contribution in [0.2, 0.25) is 0 Å². The van der Waals surface area contributed by atoms with Gasteiger partial charge in [0.1, 0.15) is 16.7 Å². The number of oxazole rings is 1. The van der Waals surface area contributed by atoms with Gasteiger partial charge < -0.3 is 14.3 Å². The van der Waals surface area contributed by atoms with Gasteiger partial charge in [0, 0.05) is 5.56 Å². The van der Waals surface area contributed by atoms with Gasteiger partial charge in [-0.25, -0.2) is 4.98 Å². The maximum absolute atomic E-state index is 11.9. The molecule has 0 spiro atoms. The van der Waals surface area contributed by atoms with Crippen molar-refractivity contribution in [3.63, 3.8) is 0 Å². The Kier molecular flexibility index (Phi) is 8.53. The Labute approximate surface area is 201 Å². The number of aromatic nitrogens is 1. The number of nitrogens with zero attached hydrogens (tertiary/aromatic N) is 1. The lowest BCUT2D eigenvalue weighted by molar-refractivity contribution is -0.137. The van der Waals surface area contributed by atoms with Crippen LogP contribution in [-0.4, -0.2) is 33.2 Å². The number of carboxylic acids is 1. The largest absolute Gasteiger partial charge is 0.480 e. The summed E-state index contributed by atoms with van der Waals surface area (Å²) in [4.78, 5) is 16.6. The SMILES string of the molecule is Cc1ccc(-c2nc(COC3CCCC(CSC(C(=O)O)C4CCCCC4)C3)c(C)o2)cc1. The zero-order valence-corrected chi connectivity index (χ0v) is 20.7. The number of hydrogen-bond donors (Lipinski definition) is 1. The maximum Gasteiger partial charge on any atom is 0.316 e. The first-order valence-electron chi connectivity index (χ1n) is 12.5. The van der Waals surface area contributed by atoms with Gasteiger partial charge >= 0.3 is 5.97 Å². The van der Waals surface area contributed by atoms with Gasteiger partial charge in [0.05, 0.1) is 12.7 Å². The fourth-order valence-electron chi connectivity index (χ4n) is 5.21. The Morgan fingerprint density at radius 3 is 2.61 bits per heavy atom. The molecule has 0 amide bonds. The second kappa shape index (κ2) is 11.6. The zero-order chi connectivity index (χ0) is 23.2. The van der Waals surface area contributed by atoms with Crippen molar-refractivity contribution in [1.29, 1.82) is 0 Å². The molecule has 1 aromatic carbocycles. The van der Waals surface area contributed by atoms with Crippen LogP contribution in [0, 0.1) is 25.7 Å². The molecule has 2 saturated carbocycles. The van der Waals surface area contributed by atoms with Crippen LogP contribution in [0.4, 0.5) is 0 Å². The van der Waals surface area contributed by atoms with E-state index >= 15 is 0 Å². The van der Waals surface area contributed by atoms with E-state index in [9.17, 15) is 9.90 Å². The van der Waals surface area contributed by atoms with Crippen LogP contribution >= 0.6 is 11.8 Å². The molecule has 5 nitrogen and oxygen atoms in total. The number of carbonyl (C=O) groups is 1. The Morgan fingerprint density at radius 2 is 1.88 bits per heavy atom. The van der Waals surface area contributed by atoms with Gasteiger partial charge in [-0.1, -0.05) is 43.4 Å². The monoisotopic (exact) mass is 471 g/mol. The van der Waals surface area contributed by atoms with Crippen molar-refractivity contribution in [2.75, 3.05) is 5.75 Å². The Balaban J connectivity index is 1.27. The second-order valence-electron chi connectivity index (χ2n) is 9.84. The lowest BCUT2D eigenvalue weighted by Gasteiger charge is -2.31. The smallest absolute Gasteiger partial charge is 0.316 e. The summed E-state index contributed by atoms with van der Waals surface area (Å²) in [6, 6.07) is 8.20. The molecule has 33 heavy (non-hydrogen) atoms. The van der Waals surface area contributed by atoms with E-state index in [1.54, 1.807) is 11.8 Å². The van der Waals surface area contributed by atoms with Gasteiger partial charge in [-0.05, 0) is 75.7 Å². The third-order valence-electron chi connectivity index (χ3n) is 7.21. The van der Waals surface area contributed by atoms with Crippen LogP contribution in [0.15, 0.2) is 28.7 Å². The fraction of sp³-hybridized carbons (Fsp3) is 0.630. The van der Waals surface area contributed by atoms with Crippen LogP contribution in [0.3, 0.4) is 0 Å². The fourth-order valence-corrected chi connectivity index (χ4v) is 6.68. The lowest BCUT2D eigenvalue weighted by atomic mass is 9.87. The van der Waals surface area contributed by atoms with Crippen molar-refractivity contribution in [3.8, 4) is 11.5 Å². The number of aliphatic carboxylic acids is 1. The summed E-state index contributed by atoms with van der Waals surface area (Å²) < 4.78 is 12.2. The van der Waals surface area contributed by atoms with Crippen molar-refractivity contribution in [2.24, 2.45) is 11.8 Å². The van der Waals surface area contributed by atoms with E-state index in [0.717, 1.165) is 54.9 Å². The summed E-state index contributed by atoms with van der Waals surface area (Å²) in [6.45, 7) is 4.48. The van der Waals surface area contributed by atoms with E-state index in [1.807, 2.05) is 19.1 Å². The average Bonchev–Trinajstić information content (AvgIpc) is 3.19. The third-order valence-corrected chi connectivity index (χ3v) is 8.82. The minimum absolute atomic E-state index is 0.209. The van der Waals surface area contributed by atoms with Gasteiger partial charge in [-0.2, -0.15) is 0 Å². The molecule has 4 rings (SSSR count). The highest BCUT2D eigenvalue weighted by Gasteiger charge is 2.31. The molecule has 180 valence electrons. The Morgan fingerprint density at radius 1 is 1.12 bits per heavy atom. The topological polar surface area (TPSA) is 72.6 Å². The molecule has 3 atom stereocenters. The van der Waals surface area contributed by atoms with Gasteiger partial charge in [-0.3, -0.25) is 4.79 Å². The van der Waals surface area contributed by atoms with Crippen molar-refractivity contribution < 1.29 is 19.1 Å². The van der Waals surface area contributed by atoms with Gasteiger partial charge in [0.25, 0.3) is 0 Å². The highest BCUT2D eigenvalue weighted by molar-refractivity contribution is 8.00. The molecule has 0 bridgehead atoms. The van der Waals surface area contributed by atoms with E-state index in [1.165, 1.54) is 31.2 Å². The highest BCUT2D eigenvalue weighted by atomic mass is 32.2. The number of aryl methyl sites for hydroxylation is 2. The molecular weight excluding hydrogens is 434 g/mol. The molecule has 1 aromatic heterocycles. The Hall–Kier alpha value is -1.79. The number of ether oxygens (including phenoxy) is 1. The van der Waals surface area contributed by atoms with E-state index in [2.05, 4.69) is 24.0 Å². The molecule has 2 aromatic rings. The van der Waals surface area contributed by atoms with Gasteiger partial charge in [-0.15, -0.1) is 11.8 Å². The van der Waals surface area contributed by atoms with Gasteiger partial charge in [0.2, 0.25) is 5.89 Å². The maximum atomic E-state index is 11.9. The van der Waals surface area contributed by atoms with E-state index in [-0.39, 0.29) is 11.4 Å². The summed E-state index contributed by atoms with van der Waals surface area (Å²) >= 11 is 1.68. The van der Waals surface area contributed by atoms with Crippen LogP contribution in [-0.2, 0) is 16.1 Å². The molecule has 2 aliphatic carbocycles. The van der Waals surface area contributed by atoms with E-state index < -0.39 is 5.97 Å². The number of thioether (sulfide) groups is 1. The summed E-state index contributed by atoms with van der Waals surface area (Å²) in [7, 11) is 0. The predicted molar refractivity (Wildman–Crippen MR) is 132 cm³/mol. The first-order valence-corrected chi connectivity index (χ1v) is 13.5. The summed E-state index contributed by atoms with van der Waals surface area (Å²) in [5.74, 6) is 2.63. The lowest BCUT2D eigenvalue weighted by Crippen LogP contribution is -2.30. The first kappa shape index (κ1) is 24.3. The summed E-state index contributed by atoms with van der Waals surface area (Å²) in [5, 5.41) is 9.53. The summed E-state index contributed by atoms with van der Waals surface area (Å²) in [5.41, 5.74) is 3.06. The first-order chi connectivity index (χ1) is 16.0. The van der Waals surface area contributed by atoms with Crippen LogP contribution in [0.5, 0.6) is 0 Å². The average molecular weight is 472 g/mol.